The van der Waals surface area contributed by atoms with Crippen LogP contribution in [0.5, 0.6) is 0 Å². The smallest absolute Gasteiger partial charge is 0.245 e. The van der Waals surface area contributed by atoms with E-state index in [1.807, 2.05) is 22.8 Å². The van der Waals surface area contributed by atoms with Crippen LogP contribution in [0.4, 0.5) is 5.95 Å². The molecule has 1 aliphatic heterocycles. The highest BCUT2D eigenvalue weighted by molar-refractivity contribution is 9.10. The lowest BCUT2D eigenvalue weighted by Gasteiger charge is -2.16. The number of halogens is 1. The lowest BCUT2D eigenvalue weighted by atomic mass is 10.4. The first-order chi connectivity index (χ1) is 8.33. The number of hydrogen-bond donors (Lipinski definition) is 1. The van der Waals surface area contributed by atoms with Gasteiger partial charge in [-0.3, -0.25) is 0 Å². The van der Waals surface area contributed by atoms with Crippen LogP contribution in [0, 0.1) is 0 Å². The van der Waals surface area contributed by atoms with Crippen molar-refractivity contribution in [1.29, 1.82) is 0 Å². The highest BCUT2D eigenvalue weighted by Gasteiger charge is 2.14. The molecule has 3 heterocycles. The van der Waals surface area contributed by atoms with Gasteiger partial charge in [-0.05, 0) is 41.0 Å². The van der Waals surface area contributed by atoms with Gasteiger partial charge in [0.25, 0.3) is 0 Å². The fourth-order valence-electron chi connectivity index (χ4n) is 2.03. The molecule has 1 N–H and O–H groups in total. The molecule has 0 saturated carbocycles. The molecule has 2 aromatic heterocycles. The van der Waals surface area contributed by atoms with Gasteiger partial charge in [0.1, 0.15) is 0 Å². The lowest BCUT2D eigenvalue weighted by molar-refractivity contribution is 0.724. The van der Waals surface area contributed by atoms with Crippen molar-refractivity contribution in [2.75, 3.05) is 31.1 Å². The predicted molar refractivity (Wildman–Crippen MR) is 70.4 cm³/mol. The van der Waals surface area contributed by atoms with Crippen molar-refractivity contribution >= 4 is 27.5 Å². The van der Waals surface area contributed by atoms with E-state index in [2.05, 4.69) is 36.2 Å². The molecule has 1 aliphatic rings. The van der Waals surface area contributed by atoms with Gasteiger partial charge >= 0.3 is 0 Å². The Balaban J connectivity index is 1.93. The van der Waals surface area contributed by atoms with E-state index in [4.69, 9.17) is 0 Å². The van der Waals surface area contributed by atoms with Gasteiger partial charge in [0, 0.05) is 30.3 Å². The normalized spacial score (nSPS) is 17.4. The maximum atomic E-state index is 4.55. The molecule has 1 fully saturated rings. The zero-order valence-electron chi connectivity index (χ0n) is 9.43. The van der Waals surface area contributed by atoms with Crippen molar-refractivity contribution < 1.29 is 0 Å². The van der Waals surface area contributed by atoms with E-state index in [9.17, 15) is 0 Å². The largest absolute Gasteiger partial charge is 0.338 e. The number of aromatic nitrogens is 3. The first-order valence-electron chi connectivity index (χ1n) is 5.80. The summed E-state index contributed by atoms with van der Waals surface area (Å²) in [5.74, 6) is 0.826. The number of fused-ring (bicyclic) bond motifs is 1. The molecule has 0 spiro atoms. The molecule has 0 aliphatic carbocycles. The van der Waals surface area contributed by atoms with Crippen LogP contribution in [0.3, 0.4) is 0 Å². The van der Waals surface area contributed by atoms with Gasteiger partial charge in [-0.1, -0.05) is 0 Å². The van der Waals surface area contributed by atoms with Crippen molar-refractivity contribution in [1.82, 2.24) is 19.9 Å². The highest BCUT2D eigenvalue weighted by atomic mass is 79.9. The van der Waals surface area contributed by atoms with Gasteiger partial charge in [0.05, 0.1) is 0 Å². The summed E-state index contributed by atoms with van der Waals surface area (Å²) in [6.07, 6.45) is 3.07. The molecule has 90 valence electrons. The fraction of sp³-hybridized carbons (Fsp3) is 0.455. The van der Waals surface area contributed by atoms with Crippen LogP contribution >= 0.6 is 15.9 Å². The minimum atomic E-state index is 0.826. The van der Waals surface area contributed by atoms with Crippen LogP contribution in [-0.2, 0) is 0 Å². The minimum absolute atomic E-state index is 0.826. The fourth-order valence-corrected chi connectivity index (χ4v) is 2.35. The summed E-state index contributed by atoms with van der Waals surface area (Å²) >= 11 is 3.44. The third kappa shape index (κ3) is 2.28. The number of anilines is 1. The summed E-state index contributed by atoms with van der Waals surface area (Å²) < 4.78 is 2.83. The molecule has 0 aromatic carbocycles. The summed E-state index contributed by atoms with van der Waals surface area (Å²) in [6.45, 7) is 4.07. The third-order valence-electron chi connectivity index (χ3n) is 2.91. The second-order valence-electron chi connectivity index (χ2n) is 4.15. The van der Waals surface area contributed by atoms with E-state index in [-0.39, 0.29) is 0 Å². The zero-order chi connectivity index (χ0) is 11.7. The first-order valence-corrected chi connectivity index (χ1v) is 6.60. The van der Waals surface area contributed by atoms with Crippen LogP contribution in [0.25, 0.3) is 5.65 Å². The van der Waals surface area contributed by atoms with Crippen LogP contribution in [0.1, 0.15) is 6.42 Å². The average molecular weight is 296 g/mol. The quantitative estimate of drug-likeness (QED) is 0.861. The molecule has 0 bridgehead atoms. The Labute approximate surface area is 108 Å². The summed E-state index contributed by atoms with van der Waals surface area (Å²) in [5, 5.41) is 7.89. The van der Waals surface area contributed by atoms with Crippen molar-refractivity contribution in [2.24, 2.45) is 0 Å². The highest BCUT2D eigenvalue weighted by Crippen LogP contribution is 2.15. The maximum absolute atomic E-state index is 4.55. The van der Waals surface area contributed by atoms with Crippen LogP contribution in [-0.4, -0.2) is 40.8 Å². The van der Waals surface area contributed by atoms with Crippen molar-refractivity contribution in [2.45, 2.75) is 6.42 Å². The third-order valence-corrected chi connectivity index (χ3v) is 3.38. The van der Waals surface area contributed by atoms with E-state index in [0.717, 1.165) is 48.7 Å². The van der Waals surface area contributed by atoms with Crippen LogP contribution in [0.2, 0.25) is 0 Å². The number of nitrogens with one attached hydrogen (secondary N) is 1. The monoisotopic (exact) mass is 295 g/mol. The average Bonchev–Trinajstić information content (AvgIpc) is 2.57. The van der Waals surface area contributed by atoms with Crippen molar-refractivity contribution in [3.8, 4) is 0 Å². The molecular weight excluding hydrogens is 282 g/mol. The second-order valence-corrected chi connectivity index (χ2v) is 5.07. The number of rotatable bonds is 1. The molecule has 0 unspecified atom stereocenters. The van der Waals surface area contributed by atoms with Crippen LogP contribution in [0.15, 0.2) is 22.8 Å². The first kappa shape index (κ1) is 11.0. The Morgan fingerprint density at radius 1 is 1.24 bits per heavy atom. The Hall–Kier alpha value is -1.14. The van der Waals surface area contributed by atoms with E-state index in [0.29, 0.717) is 0 Å². The zero-order valence-corrected chi connectivity index (χ0v) is 11.0. The van der Waals surface area contributed by atoms with Crippen molar-refractivity contribution in [3.05, 3.63) is 22.8 Å². The van der Waals surface area contributed by atoms with E-state index >= 15 is 0 Å². The topological polar surface area (TPSA) is 45.5 Å². The Kier molecular flexibility index (Phi) is 2.98. The van der Waals surface area contributed by atoms with Gasteiger partial charge in [-0.15, -0.1) is 5.10 Å². The lowest BCUT2D eigenvalue weighted by Crippen LogP contribution is -2.28. The maximum Gasteiger partial charge on any atom is 0.245 e. The second kappa shape index (κ2) is 4.62. The molecule has 5 nitrogen and oxygen atoms in total. The molecule has 17 heavy (non-hydrogen) atoms. The summed E-state index contributed by atoms with van der Waals surface area (Å²) in [6, 6.07) is 3.95. The van der Waals surface area contributed by atoms with Crippen molar-refractivity contribution in [3.63, 3.8) is 0 Å². The van der Waals surface area contributed by atoms with E-state index in [1.165, 1.54) is 0 Å². The molecule has 1 saturated heterocycles. The summed E-state index contributed by atoms with van der Waals surface area (Å²) in [5.41, 5.74) is 0.889. The Morgan fingerprint density at radius 2 is 2.18 bits per heavy atom. The molecule has 6 heteroatoms. The number of pyridine rings is 1. The van der Waals surface area contributed by atoms with Gasteiger partial charge in [-0.25, -0.2) is 4.52 Å². The molecule has 0 amide bonds. The van der Waals surface area contributed by atoms with E-state index < -0.39 is 0 Å². The number of nitrogens with zero attached hydrogens (tertiary/aromatic N) is 4. The predicted octanol–water partition coefficient (Wildman–Crippen LogP) is 1.29. The minimum Gasteiger partial charge on any atom is -0.338 e. The molecule has 0 atom stereocenters. The molecule has 3 rings (SSSR count). The summed E-state index contributed by atoms with van der Waals surface area (Å²) in [7, 11) is 0. The Morgan fingerprint density at radius 3 is 3.12 bits per heavy atom. The van der Waals surface area contributed by atoms with Gasteiger partial charge < -0.3 is 10.2 Å². The van der Waals surface area contributed by atoms with Gasteiger partial charge in [0.15, 0.2) is 5.65 Å². The standard InChI is InChI=1S/C11H14BrN5/c12-9-2-3-10-14-11(15-17(10)8-9)16-6-1-4-13-5-7-16/h2-3,8,13H,1,4-7H2. The van der Waals surface area contributed by atoms with E-state index in [1.54, 1.807) is 0 Å². The number of hydrogen-bond acceptors (Lipinski definition) is 4. The van der Waals surface area contributed by atoms with Gasteiger partial charge in [0.2, 0.25) is 5.95 Å². The SMILES string of the molecule is Brc1ccc2nc(N3CCCNCC3)nn2c1. The Bertz CT molecular complexity index is 516. The summed E-state index contributed by atoms with van der Waals surface area (Å²) in [4.78, 5) is 6.79. The molecular formula is C11H14BrN5. The van der Waals surface area contributed by atoms with Crippen LogP contribution < -0.4 is 10.2 Å². The molecule has 0 radical (unpaired) electrons. The molecule has 2 aromatic rings. The van der Waals surface area contributed by atoms with Gasteiger partial charge in [-0.2, -0.15) is 4.98 Å².